The highest BCUT2D eigenvalue weighted by atomic mass is 32.2. The van der Waals surface area contributed by atoms with Gasteiger partial charge in [0.15, 0.2) is 11.0 Å². The van der Waals surface area contributed by atoms with Gasteiger partial charge in [-0.05, 0) is 38.5 Å². The normalized spacial score (nSPS) is 12.1. The molecule has 0 aliphatic rings. The highest BCUT2D eigenvalue weighted by Crippen LogP contribution is 2.23. The molecule has 7 heteroatoms. The third-order valence-corrected chi connectivity index (χ3v) is 4.17. The highest BCUT2D eigenvalue weighted by molar-refractivity contribution is 8.00. The maximum Gasteiger partial charge on any atom is 0.316 e. The number of hydrogen-bond donors (Lipinski definition) is 1. The Morgan fingerprint density at radius 3 is 2.86 bits per heavy atom. The Morgan fingerprint density at radius 2 is 2.23 bits per heavy atom. The van der Waals surface area contributed by atoms with Crippen LogP contribution in [0.2, 0.25) is 0 Å². The molecule has 1 heterocycles. The van der Waals surface area contributed by atoms with Gasteiger partial charge in [0.25, 0.3) is 0 Å². The predicted octanol–water partition coefficient (Wildman–Crippen LogP) is 2.75. The van der Waals surface area contributed by atoms with Crippen LogP contribution < -0.4 is 4.74 Å². The predicted molar refractivity (Wildman–Crippen MR) is 84.2 cm³/mol. The van der Waals surface area contributed by atoms with Crippen molar-refractivity contribution in [3.63, 3.8) is 0 Å². The number of hydrogen-bond acceptors (Lipinski definition) is 5. The van der Waals surface area contributed by atoms with E-state index in [0.29, 0.717) is 24.1 Å². The summed E-state index contributed by atoms with van der Waals surface area (Å²) in [6, 6.07) is 7.78. The third-order valence-electron chi connectivity index (χ3n) is 3.10. The number of carbonyl (C=O) groups is 1. The van der Waals surface area contributed by atoms with Crippen molar-refractivity contribution in [3.8, 4) is 5.75 Å². The molecule has 1 atom stereocenters. The Morgan fingerprint density at radius 1 is 1.45 bits per heavy atom. The van der Waals surface area contributed by atoms with E-state index in [1.807, 2.05) is 42.7 Å². The van der Waals surface area contributed by atoms with E-state index in [2.05, 4.69) is 10.2 Å². The van der Waals surface area contributed by atoms with Crippen LogP contribution in [0, 0.1) is 6.92 Å². The molecule has 2 aromatic rings. The first-order valence-corrected chi connectivity index (χ1v) is 7.90. The van der Waals surface area contributed by atoms with Crippen molar-refractivity contribution in [2.24, 2.45) is 0 Å². The zero-order valence-electron chi connectivity index (χ0n) is 12.8. The average Bonchev–Trinajstić information content (AvgIpc) is 2.86. The quantitative estimate of drug-likeness (QED) is 0.790. The van der Waals surface area contributed by atoms with Crippen LogP contribution in [0.3, 0.4) is 0 Å². The van der Waals surface area contributed by atoms with E-state index in [-0.39, 0.29) is 0 Å². The average molecular weight is 321 g/mol. The van der Waals surface area contributed by atoms with Gasteiger partial charge in [-0.25, -0.2) is 0 Å². The number of aliphatic carboxylic acids is 1. The van der Waals surface area contributed by atoms with Gasteiger partial charge >= 0.3 is 5.97 Å². The molecular weight excluding hydrogens is 302 g/mol. The van der Waals surface area contributed by atoms with E-state index in [4.69, 9.17) is 9.84 Å². The lowest BCUT2D eigenvalue weighted by Crippen LogP contribution is -2.13. The zero-order chi connectivity index (χ0) is 16.1. The number of rotatable bonds is 7. The fraction of sp³-hybridized carbons (Fsp3) is 0.400. The molecule has 0 spiro atoms. The van der Waals surface area contributed by atoms with Crippen LogP contribution in [0.25, 0.3) is 0 Å². The SMILES string of the molecule is CCn1c(COc2cccc(C)c2)nnc1SC(C)C(=O)O. The summed E-state index contributed by atoms with van der Waals surface area (Å²) in [5.41, 5.74) is 1.13. The lowest BCUT2D eigenvalue weighted by molar-refractivity contribution is -0.136. The van der Waals surface area contributed by atoms with E-state index in [1.54, 1.807) is 6.92 Å². The Balaban J connectivity index is 2.08. The fourth-order valence-electron chi connectivity index (χ4n) is 1.89. The molecule has 1 aromatic heterocycles. The summed E-state index contributed by atoms with van der Waals surface area (Å²) in [5.74, 6) is 0.594. The number of carboxylic acids is 1. The minimum atomic E-state index is -0.867. The van der Waals surface area contributed by atoms with Crippen molar-refractivity contribution in [1.82, 2.24) is 14.8 Å². The van der Waals surface area contributed by atoms with Gasteiger partial charge < -0.3 is 14.4 Å². The van der Waals surface area contributed by atoms with Crippen LogP contribution in [-0.4, -0.2) is 31.1 Å². The smallest absolute Gasteiger partial charge is 0.316 e. The standard InChI is InChI=1S/C15H19N3O3S/c1-4-18-13(9-21-12-7-5-6-10(2)8-12)16-17-15(18)22-11(3)14(19)20/h5-8,11H,4,9H2,1-3H3,(H,19,20). The lowest BCUT2D eigenvalue weighted by Gasteiger charge is -2.10. The number of carboxylic acid groups (broad SMARTS) is 1. The van der Waals surface area contributed by atoms with Gasteiger partial charge in [0.2, 0.25) is 0 Å². The van der Waals surface area contributed by atoms with Crippen LogP contribution in [0.1, 0.15) is 25.2 Å². The molecule has 0 saturated carbocycles. The van der Waals surface area contributed by atoms with Crippen molar-refractivity contribution >= 4 is 17.7 Å². The van der Waals surface area contributed by atoms with Crippen molar-refractivity contribution in [3.05, 3.63) is 35.7 Å². The number of aromatic nitrogens is 3. The van der Waals surface area contributed by atoms with E-state index in [9.17, 15) is 4.79 Å². The second-order valence-corrected chi connectivity index (χ2v) is 6.15. The summed E-state index contributed by atoms with van der Waals surface area (Å²) in [7, 11) is 0. The first-order valence-electron chi connectivity index (χ1n) is 7.02. The van der Waals surface area contributed by atoms with Crippen molar-refractivity contribution in [1.29, 1.82) is 0 Å². The van der Waals surface area contributed by atoms with Crippen LogP contribution >= 0.6 is 11.8 Å². The van der Waals surface area contributed by atoms with Gasteiger partial charge in [0.1, 0.15) is 17.6 Å². The van der Waals surface area contributed by atoms with Crippen LogP contribution in [-0.2, 0) is 17.9 Å². The first kappa shape index (κ1) is 16.4. The van der Waals surface area contributed by atoms with Gasteiger partial charge in [0, 0.05) is 6.54 Å². The summed E-state index contributed by atoms with van der Waals surface area (Å²) in [6.07, 6.45) is 0. The van der Waals surface area contributed by atoms with E-state index >= 15 is 0 Å². The van der Waals surface area contributed by atoms with Gasteiger partial charge in [0.05, 0.1) is 0 Å². The minimum absolute atomic E-state index is 0.298. The molecule has 0 aliphatic carbocycles. The molecule has 0 radical (unpaired) electrons. The molecular formula is C15H19N3O3S. The van der Waals surface area contributed by atoms with Gasteiger partial charge in [-0.15, -0.1) is 10.2 Å². The second kappa shape index (κ2) is 7.31. The summed E-state index contributed by atoms with van der Waals surface area (Å²) in [6.45, 7) is 6.56. The van der Waals surface area contributed by atoms with Gasteiger partial charge in [-0.1, -0.05) is 23.9 Å². The van der Waals surface area contributed by atoms with Gasteiger partial charge in [-0.3, -0.25) is 4.79 Å². The Kier molecular flexibility index (Phi) is 5.43. The summed E-state index contributed by atoms with van der Waals surface area (Å²) in [4.78, 5) is 10.9. The molecule has 2 rings (SSSR count). The molecule has 0 bridgehead atoms. The molecule has 0 aliphatic heterocycles. The number of aryl methyl sites for hydroxylation is 1. The van der Waals surface area contributed by atoms with Crippen molar-refractivity contribution in [2.45, 2.75) is 44.3 Å². The highest BCUT2D eigenvalue weighted by Gasteiger charge is 2.19. The van der Waals surface area contributed by atoms with E-state index in [0.717, 1.165) is 11.3 Å². The van der Waals surface area contributed by atoms with E-state index < -0.39 is 11.2 Å². The topological polar surface area (TPSA) is 77.2 Å². The van der Waals surface area contributed by atoms with E-state index in [1.165, 1.54) is 11.8 Å². The second-order valence-electron chi connectivity index (χ2n) is 4.85. The molecule has 0 saturated heterocycles. The number of thioether (sulfide) groups is 1. The zero-order valence-corrected chi connectivity index (χ0v) is 13.6. The molecule has 0 amide bonds. The maximum atomic E-state index is 10.9. The van der Waals surface area contributed by atoms with Crippen LogP contribution in [0.15, 0.2) is 29.4 Å². The van der Waals surface area contributed by atoms with Gasteiger partial charge in [-0.2, -0.15) is 0 Å². The Bertz CT molecular complexity index is 657. The molecule has 22 heavy (non-hydrogen) atoms. The summed E-state index contributed by atoms with van der Waals surface area (Å²) >= 11 is 1.18. The number of nitrogens with zero attached hydrogens (tertiary/aromatic N) is 3. The Labute approximate surface area is 133 Å². The van der Waals surface area contributed by atoms with Crippen molar-refractivity contribution < 1.29 is 14.6 Å². The fourth-order valence-corrected chi connectivity index (χ4v) is 2.76. The maximum absolute atomic E-state index is 10.9. The number of ether oxygens (including phenoxy) is 1. The molecule has 1 N–H and O–H groups in total. The molecule has 1 unspecified atom stereocenters. The van der Waals surface area contributed by atoms with Crippen LogP contribution in [0.4, 0.5) is 0 Å². The molecule has 1 aromatic carbocycles. The first-order chi connectivity index (χ1) is 10.5. The molecule has 6 nitrogen and oxygen atoms in total. The number of benzene rings is 1. The molecule has 0 fully saturated rings. The molecule has 118 valence electrons. The Hall–Kier alpha value is -2.02. The van der Waals surface area contributed by atoms with Crippen molar-refractivity contribution in [2.75, 3.05) is 0 Å². The summed E-state index contributed by atoms with van der Waals surface area (Å²) < 4.78 is 7.61. The monoisotopic (exact) mass is 321 g/mol. The third kappa shape index (κ3) is 4.00. The van der Waals surface area contributed by atoms with Crippen LogP contribution in [0.5, 0.6) is 5.75 Å². The summed E-state index contributed by atoms with van der Waals surface area (Å²) in [5, 5.41) is 17.2. The minimum Gasteiger partial charge on any atom is -0.486 e. The largest absolute Gasteiger partial charge is 0.486 e. The lowest BCUT2D eigenvalue weighted by atomic mass is 10.2.